The molecule has 0 bridgehead atoms. The Hall–Kier alpha value is -0.980. The first-order chi connectivity index (χ1) is 7.63. The minimum absolute atomic E-state index is 0.0741. The van der Waals surface area contributed by atoms with Crippen LogP contribution in [0.15, 0.2) is 5.38 Å². The van der Waals surface area contributed by atoms with Gasteiger partial charge in [-0.3, -0.25) is 4.79 Å². The second-order valence-electron chi connectivity index (χ2n) is 3.57. The van der Waals surface area contributed by atoms with Crippen LogP contribution < -0.4 is 11.1 Å². The van der Waals surface area contributed by atoms with Crippen LogP contribution in [0.1, 0.15) is 30.1 Å². The van der Waals surface area contributed by atoms with Crippen molar-refractivity contribution in [3.05, 3.63) is 16.1 Å². The van der Waals surface area contributed by atoms with E-state index >= 15 is 0 Å². The first-order valence-electron chi connectivity index (χ1n) is 5.21. The highest BCUT2D eigenvalue weighted by Gasteiger charge is 2.09. The number of nitrogens with zero attached hydrogens (tertiary/aromatic N) is 1. The summed E-state index contributed by atoms with van der Waals surface area (Å²) in [4.78, 5) is 15.7. The van der Waals surface area contributed by atoms with Crippen LogP contribution in [0.5, 0.6) is 0 Å². The number of carbonyl (C=O) groups excluding carboxylic acids is 1. The van der Waals surface area contributed by atoms with Crippen LogP contribution in [0, 0.1) is 0 Å². The van der Waals surface area contributed by atoms with E-state index in [-0.39, 0.29) is 25.0 Å². The Bertz CT molecular complexity index is 339. The zero-order valence-corrected chi connectivity index (χ0v) is 10.1. The van der Waals surface area contributed by atoms with Crippen molar-refractivity contribution in [3.8, 4) is 0 Å². The molecule has 1 aromatic rings. The van der Waals surface area contributed by atoms with E-state index in [4.69, 9.17) is 10.8 Å². The van der Waals surface area contributed by atoms with Crippen LogP contribution in [0.4, 0.5) is 0 Å². The molecule has 1 heterocycles. The first kappa shape index (κ1) is 13.1. The van der Waals surface area contributed by atoms with Gasteiger partial charge in [0.25, 0.3) is 0 Å². The highest BCUT2D eigenvalue weighted by atomic mass is 32.1. The number of amides is 1. The van der Waals surface area contributed by atoms with E-state index in [0.29, 0.717) is 13.0 Å². The molecule has 0 aliphatic rings. The van der Waals surface area contributed by atoms with Gasteiger partial charge in [0.15, 0.2) is 0 Å². The third-order valence-corrected chi connectivity index (χ3v) is 3.05. The maximum absolute atomic E-state index is 11.4. The molecule has 4 N–H and O–H groups in total. The van der Waals surface area contributed by atoms with Crippen molar-refractivity contribution in [1.29, 1.82) is 0 Å². The summed E-state index contributed by atoms with van der Waals surface area (Å²) in [7, 11) is 0. The smallest absolute Gasteiger partial charge is 0.226 e. The largest absolute Gasteiger partial charge is 0.396 e. The van der Waals surface area contributed by atoms with Crippen LogP contribution in [0.2, 0.25) is 0 Å². The standard InChI is InChI=1S/C10H17N3O2S/c1-7(11)10-13-8(6-16-10)5-9(15)12-3-2-4-14/h6-7,14H,2-5,11H2,1H3,(H,12,15). The lowest BCUT2D eigenvalue weighted by Crippen LogP contribution is -2.26. The highest BCUT2D eigenvalue weighted by molar-refractivity contribution is 7.09. The van der Waals surface area contributed by atoms with Crippen molar-refractivity contribution in [3.63, 3.8) is 0 Å². The zero-order valence-electron chi connectivity index (χ0n) is 9.27. The predicted octanol–water partition coefficient (Wildman–Crippen LogP) is 0.204. The van der Waals surface area contributed by atoms with Gasteiger partial charge < -0.3 is 16.2 Å². The van der Waals surface area contributed by atoms with Crippen molar-refractivity contribution in [2.24, 2.45) is 5.73 Å². The summed E-state index contributed by atoms with van der Waals surface area (Å²) in [6.45, 7) is 2.45. The second-order valence-corrected chi connectivity index (χ2v) is 4.46. The van der Waals surface area contributed by atoms with E-state index in [1.165, 1.54) is 11.3 Å². The molecule has 0 spiro atoms. The maximum Gasteiger partial charge on any atom is 0.226 e. The molecule has 1 rings (SSSR count). The fraction of sp³-hybridized carbons (Fsp3) is 0.600. The average Bonchev–Trinajstić information content (AvgIpc) is 2.66. The number of nitrogens with one attached hydrogen (secondary N) is 1. The van der Waals surface area contributed by atoms with Crippen LogP contribution in [-0.4, -0.2) is 29.1 Å². The average molecular weight is 243 g/mol. The molecule has 1 aromatic heterocycles. The number of aliphatic hydroxyl groups is 1. The third kappa shape index (κ3) is 4.26. The van der Waals surface area contributed by atoms with Crippen molar-refractivity contribution < 1.29 is 9.90 Å². The van der Waals surface area contributed by atoms with Gasteiger partial charge in [0, 0.05) is 18.5 Å². The van der Waals surface area contributed by atoms with E-state index in [1.807, 2.05) is 12.3 Å². The topological polar surface area (TPSA) is 88.2 Å². The number of rotatable bonds is 6. The van der Waals surface area contributed by atoms with E-state index < -0.39 is 0 Å². The molecule has 0 saturated carbocycles. The molecule has 0 aromatic carbocycles. The molecule has 6 heteroatoms. The molecule has 90 valence electrons. The van der Waals surface area contributed by atoms with Crippen LogP contribution in [0.3, 0.4) is 0 Å². The van der Waals surface area contributed by atoms with Gasteiger partial charge in [-0.1, -0.05) is 0 Å². The van der Waals surface area contributed by atoms with Crippen LogP contribution in [0.25, 0.3) is 0 Å². The summed E-state index contributed by atoms with van der Waals surface area (Å²) in [5.41, 5.74) is 6.42. The zero-order chi connectivity index (χ0) is 12.0. The molecular formula is C10H17N3O2S. The molecule has 1 atom stereocenters. The molecule has 0 aliphatic carbocycles. The van der Waals surface area contributed by atoms with Gasteiger partial charge >= 0.3 is 0 Å². The fourth-order valence-electron chi connectivity index (χ4n) is 1.15. The number of hydrogen-bond donors (Lipinski definition) is 3. The predicted molar refractivity (Wildman–Crippen MR) is 63.1 cm³/mol. The lowest BCUT2D eigenvalue weighted by Gasteiger charge is -2.02. The van der Waals surface area contributed by atoms with Gasteiger partial charge in [0.1, 0.15) is 5.01 Å². The number of aliphatic hydroxyl groups excluding tert-OH is 1. The van der Waals surface area contributed by atoms with Crippen molar-refractivity contribution in [2.45, 2.75) is 25.8 Å². The number of hydrogen-bond acceptors (Lipinski definition) is 5. The van der Waals surface area contributed by atoms with Gasteiger partial charge in [-0.15, -0.1) is 11.3 Å². The van der Waals surface area contributed by atoms with Gasteiger partial charge in [0.05, 0.1) is 18.2 Å². The Labute approximate surface area is 98.7 Å². The second kappa shape index (κ2) is 6.57. The summed E-state index contributed by atoms with van der Waals surface area (Å²) in [5.74, 6) is -0.0741. The minimum Gasteiger partial charge on any atom is -0.396 e. The van der Waals surface area contributed by atoms with E-state index in [2.05, 4.69) is 10.3 Å². The Balaban J connectivity index is 2.37. The fourth-order valence-corrected chi connectivity index (χ4v) is 1.92. The van der Waals surface area contributed by atoms with Crippen LogP contribution in [-0.2, 0) is 11.2 Å². The molecule has 0 aliphatic heterocycles. The third-order valence-electron chi connectivity index (χ3n) is 1.96. The van der Waals surface area contributed by atoms with Gasteiger partial charge in [-0.2, -0.15) is 0 Å². The van der Waals surface area contributed by atoms with Crippen molar-refractivity contribution in [2.75, 3.05) is 13.2 Å². The SMILES string of the molecule is CC(N)c1nc(CC(=O)NCCCO)cs1. The van der Waals surface area contributed by atoms with E-state index in [1.54, 1.807) is 0 Å². The highest BCUT2D eigenvalue weighted by Crippen LogP contribution is 2.15. The lowest BCUT2D eigenvalue weighted by atomic mass is 10.3. The summed E-state index contributed by atoms with van der Waals surface area (Å²) in [6.07, 6.45) is 0.850. The molecule has 1 unspecified atom stereocenters. The normalized spacial score (nSPS) is 12.4. The number of nitrogens with two attached hydrogens (primary N) is 1. The molecule has 16 heavy (non-hydrogen) atoms. The summed E-state index contributed by atoms with van der Waals surface area (Å²) >= 11 is 1.47. The van der Waals surface area contributed by atoms with E-state index in [9.17, 15) is 4.79 Å². The summed E-state index contributed by atoms with van der Waals surface area (Å²) in [6, 6.07) is -0.0869. The Morgan fingerprint density at radius 1 is 1.75 bits per heavy atom. The van der Waals surface area contributed by atoms with Crippen molar-refractivity contribution >= 4 is 17.2 Å². The molecule has 0 saturated heterocycles. The molecule has 0 fully saturated rings. The van der Waals surface area contributed by atoms with Gasteiger partial charge in [0.2, 0.25) is 5.91 Å². The minimum atomic E-state index is -0.0869. The Morgan fingerprint density at radius 3 is 3.06 bits per heavy atom. The van der Waals surface area contributed by atoms with Crippen molar-refractivity contribution in [1.82, 2.24) is 10.3 Å². The first-order valence-corrected chi connectivity index (χ1v) is 6.09. The monoisotopic (exact) mass is 243 g/mol. The Morgan fingerprint density at radius 2 is 2.50 bits per heavy atom. The lowest BCUT2D eigenvalue weighted by molar-refractivity contribution is -0.120. The summed E-state index contributed by atoms with van der Waals surface area (Å²) in [5, 5.41) is 14.0. The summed E-state index contributed by atoms with van der Waals surface area (Å²) < 4.78 is 0. The maximum atomic E-state index is 11.4. The molecule has 1 amide bonds. The number of thiazole rings is 1. The quantitative estimate of drug-likeness (QED) is 0.623. The molecular weight excluding hydrogens is 226 g/mol. The molecule has 0 radical (unpaired) electrons. The van der Waals surface area contributed by atoms with Crippen LogP contribution >= 0.6 is 11.3 Å². The molecule has 5 nitrogen and oxygen atoms in total. The van der Waals surface area contributed by atoms with Gasteiger partial charge in [-0.05, 0) is 13.3 Å². The number of carbonyl (C=O) groups is 1. The number of aromatic nitrogens is 1. The Kier molecular flexibility index (Phi) is 5.37. The van der Waals surface area contributed by atoms with E-state index in [0.717, 1.165) is 10.7 Å². The van der Waals surface area contributed by atoms with Gasteiger partial charge in [-0.25, -0.2) is 4.98 Å².